The van der Waals surface area contributed by atoms with E-state index in [0.717, 1.165) is 36.3 Å². The van der Waals surface area contributed by atoms with Crippen LogP contribution >= 0.6 is 21.6 Å². The van der Waals surface area contributed by atoms with E-state index in [0.29, 0.717) is 6.42 Å². The van der Waals surface area contributed by atoms with Crippen molar-refractivity contribution in [3.8, 4) is 0 Å². The first kappa shape index (κ1) is 35.5. The number of aliphatic carboxylic acids is 1. The summed E-state index contributed by atoms with van der Waals surface area (Å²) in [5.41, 5.74) is 0. The van der Waals surface area contributed by atoms with Gasteiger partial charge < -0.3 is 10.4 Å². The second kappa shape index (κ2) is 24.3. The summed E-state index contributed by atoms with van der Waals surface area (Å²) in [5.74, 6) is 0.170. The van der Waals surface area contributed by atoms with Gasteiger partial charge in [-0.3, -0.25) is 19.3 Å². The minimum absolute atomic E-state index is 0.00324. The molecule has 0 aromatic rings. The average Bonchev–Trinajstić information content (AvgIpc) is 3.23. The summed E-state index contributed by atoms with van der Waals surface area (Å²) in [6, 6.07) is -1.11. The third kappa shape index (κ3) is 19.3. The molecule has 0 fully saturated rings. The Labute approximate surface area is 244 Å². The standard InChI is InChI=1S/C30H52N2O5S2/c1-2-3-4-5-6-8-11-14-17-24-38-39-25-18-15-12-9-7-10-13-16-19-27(33)31-26(30(36)37)22-23-32-28(34)20-21-29(32)35/h20-21,26H,2-19,22-25H2,1H3,(H,31,33)(H,36,37). The normalized spacial score (nSPS) is 13.8. The quantitative estimate of drug-likeness (QED) is 0.0593. The molecule has 0 bridgehead atoms. The maximum atomic E-state index is 12.1. The van der Waals surface area contributed by atoms with Gasteiger partial charge >= 0.3 is 5.97 Å². The molecule has 224 valence electrons. The van der Waals surface area contributed by atoms with Gasteiger partial charge in [-0.2, -0.15) is 0 Å². The van der Waals surface area contributed by atoms with Crippen LogP contribution in [0, 0.1) is 0 Å². The Morgan fingerprint density at radius 1 is 0.744 bits per heavy atom. The van der Waals surface area contributed by atoms with Gasteiger partial charge in [-0.05, 0) is 25.7 Å². The lowest BCUT2D eigenvalue weighted by Crippen LogP contribution is -2.43. The number of imide groups is 1. The molecule has 39 heavy (non-hydrogen) atoms. The van der Waals surface area contributed by atoms with Gasteiger partial charge in [-0.25, -0.2) is 4.79 Å². The molecule has 0 aromatic heterocycles. The average molecular weight is 585 g/mol. The van der Waals surface area contributed by atoms with Gasteiger partial charge in [0.15, 0.2) is 0 Å². The van der Waals surface area contributed by atoms with Crippen LogP contribution in [0.25, 0.3) is 0 Å². The molecule has 0 spiro atoms. The Bertz CT molecular complexity index is 714. The molecule has 0 saturated carbocycles. The van der Waals surface area contributed by atoms with Crippen LogP contribution in [0.5, 0.6) is 0 Å². The van der Waals surface area contributed by atoms with Gasteiger partial charge in [0.2, 0.25) is 5.91 Å². The van der Waals surface area contributed by atoms with E-state index in [1.165, 1.54) is 101 Å². The Morgan fingerprint density at radius 3 is 1.64 bits per heavy atom. The summed E-state index contributed by atoms with van der Waals surface area (Å²) < 4.78 is 0. The number of nitrogens with one attached hydrogen (secondary N) is 1. The third-order valence-corrected chi connectivity index (χ3v) is 9.55. The van der Waals surface area contributed by atoms with Crippen molar-refractivity contribution in [1.29, 1.82) is 0 Å². The highest BCUT2D eigenvalue weighted by atomic mass is 33.1. The molecule has 7 nitrogen and oxygen atoms in total. The molecular formula is C30H52N2O5S2. The molecule has 0 aromatic carbocycles. The number of carbonyl (C=O) groups is 4. The number of nitrogens with zero attached hydrogens (tertiary/aromatic N) is 1. The van der Waals surface area contributed by atoms with E-state index in [4.69, 9.17) is 0 Å². The molecule has 9 heteroatoms. The van der Waals surface area contributed by atoms with Crippen molar-refractivity contribution in [2.45, 2.75) is 135 Å². The Balaban J connectivity index is 1.86. The van der Waals surface area contributed by atoms with Crippen LogP contribution in [0.15, 0.2) is 12.2 Å². The van der Waals surface area contributed by atoms with Crippen molar-refractivity contribution in [3.63, 3.8) is 0 Å². The van der Waals surface area contributed by atoms with Crippen molar-refractivity contribution in [2.24, 2.45) is 0 Å². The number of unbranched alkanes of at least 4 members (excludes halogenated alkanes) is 15. The summed E-state index contributed by atoms with van der Waals surface area (Å²) in [7, 11) is 4.07. The Kier molecular flexibility index (Phi) is 22.2. The van der Waals surface area contributed by atoms with Crippen molar-refractivity contribution >= 4 is 45.3 Å². The highest BCUT2D eigenvalue weighted by molar-refractivity contribution is 8.76. The van der Waals surface area contributed by atoms with E-state index in [1.807, 2.05) is 21.6 Å². The van der Waals surface area contributed by atoms with Gasteiger partial charge in [-0.15, -0.1) is 0 Å². The van der Waals surface area contributed by atoms with Gasteiger partial charge in [0.1, 0.15) is 6.04 Å². The molecule has 1 atom stereocenters. The molecule has 3 amide bonds. The Hall–Kier alpha value is -1.48. The molecule has 0 saturated heterocycles. The predicted octanol–water partition coefficient (Wildman–Crippen LogP) is 7.29. The largest absolute Gasteiger partial charge is 0.480 e. The lowest BCUT2D eigenvalue weighted by atomic mass is 10.1. The fraction of sp³-hybridized carbons (Fsp3) is 0.800. The fourth-order valence-electron chi connectivity index (χ4n) is 4.53. The first-order chi connectivity index (χ1) is 19.0. The number of carbonyl (C=O) groups excluding carboxylic acids is 3. The van der Waals surface area contributed by atoms with Crippen molar-refractivity contribution < 1.29 is 24.3 Å². The summed E-state index contributed by atoms with van der Waals surface area (Å²) >= 11 is 0. The zero-order valence-corrected chi connectivity index (χ0v) is 25.8. The second-order valence-electron chi connectivity index (χ2n) is 10.5. The van der Waals surface area contributed by atoms with E-state index in [9.17, 15) is 24.3 Å². The van der Waals surface area contributed by atoms with Crippen molar-refractivity contribution in [2.75, 3.05) is 18.1 Å². The maximum absolute atomic E-state index is 12.1. The molecule has 1 aliphatic heterocycles. The van der Waals surface area contributed by atoms with Gasteiger partial charge in [0.25, 0.3) is 11.8 Å². The smallest absolute Gasteiger partial charge is 0.326 e. The maximum Gasteiger partial charge on any atom is 0.326 e. The van der Waals surface area contributed by atoms with Crippen LogP contribution in [-0.4, -0.2) is 57.8 Å². The van der Waals surface area contributed by atoms with E-state index < -0.39 is 23.8 Å². The zero-order valence-electron chi connectivity index (χ0n) is 24.1. The number of rotatable bonds is 27. The molecular weight excluding hydrogens is 532 g/mol. The minimum Gasteiger partial charge on any atom is -0.480 e. The predicted molar refractivity (Wildman–Crippen MR) is 164 cm³/mol. The summed E-state index contributed by atoms with van der Waals surface area (Å²) in [6.45, 7) is 2.24. The van der Waals surface area contributed by atoms with E-state index in [2.05, 4.69) is 12.2 Å². The molecule has 0 radical (unpaired) electrons. The highest BCUT2D eigenvalue weighted by Gasteiger charge is 2.26. The molecule has 1 unspecified atom stereocenters. The molecule has 1 aliphatic rings. The molecule has 1 heterocycles. The van der Waals surface area contributed by atoms with Crippen molar-refractivity contribution in [1.82, 2.24) is 10.2 Å². The minimum atomic E-state index is -1.16. The van der Waals surface area contributed by atoms with Crippen LogP contribution in [0.4, 0.5) is 0 Å². The first-order valence-electron chi connectivity index (χ1n) is 15.3. The topological polar surface area (TPSA) is 104 Å². The van der Waals surface area contributed by atoms with Crippen LogP contribution in [0.2, 0.25) is 0 Å². The number of carboxylic acids is 1. The first-order valence-corrected chi connectivity index (χ1v) is 17.7. The highest BCUT2D eigenvalue weighted by Crippen LogP contribution is 2.25. The van der Waals surface area contributed by atoms with E-state index in [1.54, 1.807) is 0 Å². The van der Waals surface area contributed by atoms with Gasteiger partial charge in [0.05, 0.1) is 0 Å². The van der Waals surface area contributed by atoms with Gasteiger partial charge in [0, 0.05) is 36.6 Å². The van der Waals surface area contributed by atoms with E-state index in [-0.39, 0.29) is 18.9 Å². The number of carboxylic acid groups (broad SMARTS) is 1. The summed E-state index contributed by atoms with van der Waals surface area (Å²) in [6.07, 6.45) is 24.2. The van der Waals surface area contributed by atoms with Crippen LogP contribution < -0.4 is 5.32 Å². The van der Waals surface area contributed by atoms with Crippen molar-refractivity contribution in [3.05, 3.63) is 12.2 Å². The summed E-state index contributed by atoms with van der Waals surface area (Å²) in [5, 5.41) is 11.9. The molecule has 2 N–H and O–H groups in total. The number of hydrogen-bond acceptors (Lipinski definition) is 6. The number of hydrogen-bond donors (Lipinski definition) is 2. The third-order valence-electron chi connectivity index (χ3n) is 6.97. The van der Waals surface area contributed by atoms with Crippen LogP contribution in [-0.2, 0) is 19.2 Å². The SMILES string of the molecule is CCCCCCCCCCCSSCCCCCCCCCCC(=O)NC(CCN1C(=O)C=CC1=O)C(=O)O. The lowest BCUT2D eigenvalue weighted by Gasteiger charge is -2.18. The monoisotopic (exact) mass is 584 g/mol. The molecule has 0 aliphatic carbocycles. The second-order valence-corrected chi connectivity index (χ2v) is 13.2. The van der Waals surface area contributed by atoms with E-state index >= 15 is 0 Å². The molecule has 1 rings (SSSR count). The number of amides is 3. The van der Waals surface area contributed by atoms with Gasteiger partial charge in [-0.1, -0.05) is 118 Å². The lowest BCUT2D eigenvalue weighted by molar-refractivity contribution is -0.143. The fourth-order valence-corrected chi connectivity index (χ4v) is 6.82. The zero-order chi connectivity index (χ0) is 28.6. The summed E-state index contributed by atoms with van der Waals surface area (Å²) in [4.78, 5) is 47.7. The van der Waals surface area contributed by atoms with Crippen LogP contribution in [0.3, 0.4) is 0 Å². The Morgan fingerprint density at radius 2 is 1.18 bits per heavy atom. The van der Waals surface area contributed by atoms with Crippen LogP contribution in [0.1, 0.15) is 129 Å².